The van der Waals surface area contributed by atoms with Gasteiger partial charge in [0.1, 0.15) is 5.60 Å². The van der Waals surface area contributed by atoms with Gasteiger partial charge in [-0.2, -0.15) is 0 Å². The zero-order chi connectivity index (χ0) is 15.7. The summed E-state index contributed by atoms with van der Waals surface area (Å²) in [5.41, 5.74) is -0.577. The van der Waals surface area contributed by atoms with E-state index in [1.54, 1.807) is 0 Å². The van der Waals surface area contributed by atoms with Crippen LogP contribution in [-0.4, -0.2) is 11.6 Å². The van der Waals surface area contributed by atoms with Crippen LogP contribution in [0.3, 0.4) is 0 Å². The van der Waals surface area contributed by atoms with Crippen molar-refractivity contribution in [1.82, 2.24) is 0 Å². The van der Waals surface area contributed by atoms with Gasteiger partial charge in [0.15, 0.2) is 0 Å². The highest BCUT2D eigenvalue weighted by molar-refractivity contribution is 5.76. The van der Waals surface area contributed by atoms with Crippen molar-refractivity contribution < 1.29 is 9.53 Å². The Bertz CT molecular complexity index is 311. The van der Waals surface area contributed by atoms with Crippen molar-refractivity contribution >= 4 is 5.97 Å². The Labute approximate surface area is 120 Å². The van der Waals surface area contributed by atoms with E-state index in [0.29, 0.717) is 0 Å². The molecule has 0 aliphatic carbocycles. The van der Waals surface area contributed by atoms with E-state index >= 15 is 0 Å². The number of esters is 1. The molecule has 0 saturated heterocycles. The summed E-state index contributed by atoms with van der Waals surface area (Å²) in [6.07, 6.45) is 1.68. The van der Waals surface area contributed by atoms with Gasteiger partial charge in [0, 0.05) is 0 Å². The fourth-order valence-corrected chi connectivity index (χ4v) is 3.10. The summed E-state index contributed by atoms with van der Waals surface area (Å²) in [5.74, 6) is -0.0864. The van der Waals surface area contributed by atoms with E-state index in [1.807, 2.05) is 27.7 Å². The van der Waals surface area contributed by atoms with E-state index < -0.39 is 11.0 Å². The van der Waals surface area contributed by atoms with Crippen molar-refractivity contribution in [2.45, 2.75) is 87.7 Å². The molecule has 0 aliphatic rings. The summed E-state index contributed by atoms with van der Waals surface area (Å²) in [6.45, 7) is 20.9. The average molecular weight is 270 g/mol. The van der Waals surface area contributed by atoms with E-state index in [1.165, 1.54) is 0 Å². The molecule has 2 nitrogen and oxygen atoms in total. The minimum Gasteiger partial charge on any atom is -0.459 e. The number of ether oxygens (including phenoxy) is 1. The van der Waals surface area contributed by atoms with Gasteiger partial charge in [-0.1, -0.05) is 41.5 Å². The molecule has 0 aromatic carbocycles. The van der Waals surface area contributed by atoms with Crippen LogP contribution in [0.25, 0.3) is 0 Å². The van der Waals surface area contributed by atoms with E-state index in [0.717, 1.165) is 12.8 Å². The Kier molecular flexibility index (Phi) is 5.30. The normalized spacial score (nSPS) is 14.4. The highest BCUT2D eigenvalue weighted by Gasteiger charge is 2.38. The topological polar surface area (TPSA) is 26.3 Å². The van der Waals surface area contributed by atoms with Gasteiger partial charge >= 0.3 is 5.97 Å². The third kappa shape index (κ3) is 8.28. The Balaban J connectivity index is 4.76. The fraction of sp³-hybridized carbons (Fsp3) is 0.941. The van der Waals surface area contributed by atoms with Crippen LogP contribution >= 0.6 is 0 Å². The number of hydrogen-bond acceptors (Lipinski definition) is 2. The van der Waals surface area contributed by atoms with Gasteiger partial charge in [0.2, 0.25) is 0 Å². The summed E-state index contributed by atoms with van der Waals surface area (Å²) in [4.78, 5) is 12.4. The standard InChI is InChI=1S/C17H34O2/c1-14(2,3)11-16(7,8)13(18)19-17(9,10)12-15(4,5)6/h11-12H2,1-10H3. The van der Waals surface area contributed by atoms with Crippen LogP contribution < -0.4 is 0 Å². The molecule has 0 aliphatic heterocycles. The SMILES string of the molecule is CC(C)(C)CC(C)(C)OC(=O)C(C)(C)CC(C)(C)C. The third-order valence-electron chi connectivity index (χ3n) is 2.85. The quantitative estimate of drug-likeness (QED) is 0.656. The molecule has 0 spiro atoms. The molecule has 0 rings (SSSR count). The van der Waals surface area contributed by atoms with Gasteiger partial charge in [-0.3, -0.25) is 4.79 Å². The Morgan fingerprint density at radius 1 is 0.737 bits per heavy atom. The first-order valence-electron chi connectivity index (χ1n) is 7.28. The molecule has 0 amide bonds. The molecule has 2 heteroatoms. The maximum atomic E-state index is 12.4. The summed E-state index contributed by atoms with van der Waals surface area (Å²) in [7, 11) is 0. The summed E-state index contributed by atoms with van der Waals surface area (Å²) < 4.78 is 5.79. The lowest BCUT2D eigenvalue weighted by Gasteiger charge is -2.37. The van der Waals surface area contributed by atoms with E-state index in [9.17, 15) is 4.79 Å². The minimum atomic E-state index is -0.437. The molecule has 0 unspecified atom stereocenters. The molecule has 0 atom stereocenters. The first kappa shape index (κ1) is 18.5. The number of hydrogen-bond donors (Lipinski definition) is 0. The van der Waals surface area contributed by atoms with E-state index in [-0.39, 0.29) is 16.8 Å². The highest BCUT2D eigenvalue weighted by Crippen LogP contribution is 2.37. The van der Waals surface area contributed by atoms with Crippen LogP contribution in [0.5, 0.6) is 0 Å². The first-order valence-corrected chi connectivity index (χ1v) is 7.28. The van der Waals surface area contributed by atoms with Crippen molar-refractivity contribution in [3.8, 4) is 0 Å². The van der Waals surface area contributed by atoms with E-state index in [4.69, 9.17) is 4.74 Å². The molecule has 0 aromatic heterocycles. The fourth-order valence-electron chi connectivity index (χ4n) is 3.10. The lowest BCUT2D eigenvalue weighted by atomic mass is 9.76. The van der Waals surface area contributed by atoms with Gasteiger partial charge in [-0.25, -0.2) is 0 Å². The number of carbonyl (C=O) groups is 1. The molecule has 0 saturated carbocycles. The van der Waals surface area contributed by atoms with Gasteiger partial charge in [0.25, 0.3) is 0 Å². The van der Waals surface area contributed by atoms with Crippen molar-refractivity contribution in [3.63, 3.8) is 0 Å². The molecule has 0 N–H and O–H groups in total. The van der Waals surface area contributed by atoms with Crippen LogP contribution in [0.1, 0.15) is 82.1 Å². The van der Waals surface area contributed by atoms with Crippen molar-refractivity contribution in [3.05, 3.63) is 0 Å². The van der Waals surface area contributed by atoms with Crippen LogP contribution in [-0.2, 0) is 9.53 Å². The van der Waals surface area contributed by atoms with Crippen LogP contribution in [0, 0.1) is 16.2 Å². The predicted molar refractivity (Wildman–Crippen MR) is 82.1 cm³/mol. The van der Waals surface area contributed by atoms with E-state index in [2.05, 4.69) is 41.5 Å². The van der Waals surface area contributed by atoms with Crippen LogP contribution in [0.15, 0.2) is 0 Å². The van der Waals surface area contributed by atoms with Gasteiger partial charge in [-0.15, -0.1) is 0 Å². The maximum absolute atomic E-state index is 12.4. The Morgan fingerprint density at radius 3 is 1.42 bits per heavy atom. The second-order valence-corrected chi connectivity index (χ2v) is 9.51. The summed E-state index contributed by atoms with van der Waals surface area (Å²) >= 11 is 0. The third-order valence-corrected chi connectivity index (χ3v) is 2.85. The van der Waals surface area contributed by atoms with Crippen LogP contribution in [0.4, 0.5) is 0 Å². The molecule has 0 heterocycles. The lowest BCUT2D eigenvalue weighted by molar-refractivity contribution is -0.171. The number of rotatable bonds is 4. The lowest BCUT2D eigenvalue weighted by Crippen LogP contribution is -2.39. The monoisotopic (exact) mass is 270 g/mol. The molecule has 0 radical (unpaired) electrons. The Morgan fingerprint density at radius 2 is 1.11 bits per heavy atom. The van der Waals surface area contributed by atoms with Gasteiger partial charge in [0.05, 0.1) is 5.41 Å². The molecular formula is C17H34O2. The maximum Gasteiger partial charge on any atom is 0.312 e. The van der Waals surface area contributed by atoms with Gasteiger partial charge < -0.3 is 4.74 Å². The largest absolute Gasteiger partial charge is 0.459 e. The summed E-state index contributed by atoms with van der Waals surface area (Å²) in [5, 5.41) is 0. The van der Waals surface area contributed by atoms with Crippen molar-refractivity contribution in [1.29, 1.82) is 0 Å². The molecule has 0 aromatic rings. The summed E-state index contributed by atoms with van der Waals surface area (Å²) in [6, 6.07) is 0. The minimum absolute atomic E-state index is 0.0864. The molecule has 0 bridgehead atoms. The van der Waals surface area contributed by atoms with Crippen LogP contribution in [0.2, 0.25) is 0 Å². The molecule has 114 valence electrons. The van der Waals surface area contributed by atoms with Crippen molar-refractivity contribution in [2.75, 3.05) is 0 Å². The Hall–Kier alpha value is -0.530. The smallest absolute Gasteiger partial charge is 0.312 e. The zero-order valence-electron chi connectivity index (χ0n) is 14.7. The highest BCUT2D eigenvalue weighted by atomic mass is 16.6. The first-order chi connectivity index (χ1) is 8.04. The molecule has 19 heavy (non-hydrogen) atoms. The second kappa shape index (κ2) is 5.46. The molecule has 0 fully saturated rings. The van der Waals surface area contributed by atoms with Crippen molar-refractivity contribution in [2.24, 2.45) is 16.2 Å². The van der Waals surface area contributed by atoms with Gasteiger partial charge in [-0.05, 0) is 51.4 Å². The predicted octanol–water partition coefficient (Wildman–Crippen LogP) is 5.21. The number of carbonyl (C=O) groups excluding carboxylic acids is 1. The second-order valence-electron chi connectivity index (χ2n) is 9.51. The molecular weight excluding hydrogens is 236 g/mol. The zero-order valence-corrected chi connectivity index (χ0v) is 14.7. The average Bonchev–Trinajstić information content (AvgIpc) is 1.91.